The van der Waals surface area contributed by atoms with Crippen LogP contribution in [0.5, 0.6) is 0 Å². The van der Waals surface area contributed by atoms with Crippen LogP contribution in [0.25, 0.3) is 0 Å². The molecule has 2 aliphatic rings. The van der Waals surface area contributed by atoms with Crippen molar-refractivity contribution in [1.82, 2.24) is 5.32 Å². The van der Waals surface area contributed by atoms with E-state index >= 15 is 0 Å². The average Bonchev–Trinajstić information content (AvgIpc) is 2.71. The van der Waals surface area contributed by atoms with E-state index in [0.717, 1.165) is 19.5 Å². The molecule has 1 heterocycles. The Labute approximate surface area is 117 Å². The molecule has 1 saturated heterocycles. The summed E-state index contributed by atoms with van der Waals surface area (Å²) in [5.41, 5.74) is 0.192. The maximum absolute atomic E-state index is 11.0. The van der Waals surface area contributed by atoms with Crippen molar-refractivity contribution in [3.63, 3.8) is 0 Å². The molecule has 1 unspecified atom stereocenters. The topological polar surface area (TPSA) is 55.4 Å². The van der Waals surface area contributed by atoms with Gasteiger partial charge in [0.2, 0.25) is 0 Å². The maximum atomic E-state index is 11.0. The quantitative estimate of drug-likeness (QED) is 0.759. The lowest BCUT2D eigenvalue weighted by atomic mass is 9.83. The van der Waals surface area contributed by atoms with Crippen molar-refractivity contribution in [3.05, 3.63) is 0 Å². The van der Waals surface area contributed by atoms with Gasteiger partial charge in [-0.1, -0.05) is 19.3 Å². The first-order valence-corrected chi connectivity index (χ1v) is 9.61. The smallest absolute Gasteiger partial charge is 0.147 e. The lowest BCUT2D eigenvalue weighted by molar-refractivity contribution is -0.0622. The van der Waals surface area contributed by atoms with Crippen molar-refractivity contribution in [2.45, 2.75) is 63.1 Å². The van der Waals surface area contributed by atoms with Crippen LogP contribution in [0.2, 0.25) is 0 Å². The molecule has 0 aromatic rings. The van der Waals surface area contributed by atoms with Gasteiger partial charge in [-0.3, -0.25) is 0 Å². The highest BCUT2D eigenvalue weighted by atomic mass is 32.2. The van der Waals surface area contributed by atoms with Gasteiger partial charge in [0.15, 0.2) is 0 Å². The summed E-state index contributed by atoms with van der Waals surface area (Å²) in [5.74, 6) is 0.273. The van der Waals surface area contributed by atoms with Crippen molar-refractivity contribution in [2.75, 3.05) is 25.1 Å². The monoisotopic (exact) mass is 289 g/mol. The first kappa shape index (κ1) is 15.3. The van der Waals surface area contributed by atoms with Gasteiger partial charge in [-0.15, -0.1) is 0 Å². The molecule has 0 radical (unpaired) electrons. The molecular weight excluding hydrogens is 262 g/mol. The average molecular weight is 289 g/mol. The van der Waals surface area contributed by atoms with Gasteiger partial charge in [-0.2, -0.15) is 0 Å². The largest absolute Gasteiger partial charge is 0.370 e. The number of rotatable bonds is 6. The summed E-state index contributed by atoms with van der Waals surface area (Å²) in [6.45, 7) is 1.63. The van der Waals surface area contributed by atoms with Crippen molar-refractivity contribution in [2.24, 2.45) is 0 Å². The second-order valence-electron chi connectivity index (χ2n) is 6.21. The molecular formula is C14H27NO3S. The molecule has 0 aromatic heterocycles. The highest BCUT2D eigenvalue weighted by Crippen LogP contribution is 2.41. The Morgan fingerprint density at radius 1 is 1.21 bits per heavy atom. The summed E-state index contributed by atoms with van der Waals surface area (Å²) in [5, 5.41) is 3.33. The molecule has 19 heavy (non-hydrogen) atoms. The maximum Gasteiger partial charge on any atom is 0.147 e. The van der Waals surface area contributed by atoms with Crippen LogP contribution < -0.4 is 5.32 Å². The van der Waals surface area contributed by atoms with Crippen LogP contribution in [-0.2, 0) is 14.6 Å². The molecule has 2 fully saturated rings. The molecule has 2 rings (SSSR count). The number of nitrogens with one attached hydrogen (secondary N) is 1. The Morgan fingerprint density at radius 3 is 2.63 bits per heavy atom. The van der Waals surface area contributed by atoms with E-state index in [0.29, 0.717) is 12.5 Å². The summed E-state index contributed by atoms with van der Waals surface area (Å²) in [4.78, 5) is 0. The molecule has 5 heteroatoms. The van der Waals surface area contributed by atoms with E-state index < -0.39 is 9.84 Å². The minimum absolute atomic E-state index is 0.192. The zero-order valence-corrected chi connectivity index (χ0v) is 12.8. The van der Waals surface area contributed by atoms with Gasteiger partial charge in [-0.25, -0.2) is 8.42 Å². The number of sulfone groups is 1. The van der Waals surface area contributed by atoms with Gasteiger partial charge >= 0.3 is 0 Å². The predicted octanol–water partition coefficient (Wildman–Crippen LogP) is 1.89. The SMILES string of the molecule is CS(=O)(=O)CCCNCC1CCC2(CCCCC2)O1. The third-order valence-corrected chi connectivity index (χ3v) is 5.37. The van der Waals surface area contributed by atoms with E-state index in [9.17, 15) is 8.42 Å². The first-order chi connectivity index (χ1) is 8.99. The minimum atomic E-state index is -2.82. The van der Waals surface area contributed by atoms with Gasteiger partial charge in [0.25, 0.3) is 0 Å². The summed E-state index contributed by atoms with van der Waals surface area (Å²) >= 11 is 0. The van der Waals surface area contributed by atoms with Crippen molar-refractivity contribution in [1.29, 1.82) is 0 Å². The fourth-order valence-electron chi connectivity index (χ4n) is 3.33. The fraction of sp³-hybridized carbons (Fsp3) is 1.00. The second-order valence-corrected chi connectivity index (χ2v) is 8.47. The van der Waals surface area contributed by atoms with E-state index in [1.165, 1.54) is 44.8 Å². The van der Waals surface area contributed by atoms with E-state index in [1.807, 2.05) is 0 Å². The standard InChI is InChI=1S/C14H27NO3S/c1-19(16,17)11-5-10-15-12-13-6-9-14(18-13)7-3-2-4-8-14/h13,15H,2-12H2,1H3. The Balaban J connectivity index is 1.60. The van der Waals surface area contributed by atoms with Crippen LogP contribution in [0.15, 0.2) is 0 Å². The van der Waals surface area contributed by atoms with E-state index in [4.69, 9.17) is 4.74 Å². The summed E-state index contributed by atoms with van der Waals surface area (Å²) < 4.78 is 28.3. The number of hydrogen-bond donors (Lipinski definition) is 1. The van der Waals surface area contributed by atoms with Crippen LogP contribution in [0.4, 0.5) is 0 Å². The summed E-state index contributed by atoms with van der Waals surface area (Å²) in [7, 11) is -2.82. The molecule has 1 N–H and O–H groups in total. The van der Waals surface area contributed by atoms with E-state index in [-0.39, 0.29) is 11.4 Å². The van der Waals surface area contributed by atoms with Crippen molar-refractivity contribution in [3.8, 4) is 0 Å². The fourth-order valence-corrected chi connectivity index (χ4v) is 3.99. The molecule has 0 aromatic carbocycles. The van der Waals surface area contributed by atoms with E-state index in [1.54, 1.807) is 0 Å². The molecule has 1 spiro atoms. The third-order valence-electron chi connectivity index (χ3n) is 4.34. The Bertz CT molecular complexity index is 374. The lowest BCUT2D eigenvalue weighted by Crippen LogP contribution is -2.35. The van der Waals surface area contributed by atoms with Gasteiger partial charge in [-0.05, 0) is 38.6 Å². The second kappa shape index (κ2) is 6.55. The molecule has 0 bridgehead atoms. The Hall–Kier alpha value is -0.130. The molecule has 112 valence electrons. The normalized spacial score (nSPS) is 26.9. The highest BCUT2D eigenvalue weighted by Gasteiger charge is 2.40. The van der Waals surface area contributed by atoms with Crippen LogP contribution >= 0.6 is 0 Å². The summed E-state index contributed by atoms with van der Waals surface area (Å²) in [6.07, 6.45) is 11.1. The molecule has 1 atom stereocenters. The van der Waals surface area contributed by atoms with Crippen molar-refractivity contribution < 1.29 is 13.2 Å². The van der Waals surface area contributed by atoms with Gasteiger partial charge in [0.05, 0.1) is 17.5 Å². The molecule has 0 amide bonds. The van der Waals surface area contributed by atoms with Gasteiger partial charge in [0, 0.05) is 12.8 Å². The van der Waals surface area contributed by atoms with Crippen LogP contribution in [0.1, 0.15) is 51.4 Å². The molecule has 4 nitrogen and oxygen atoms in total. The Morgan fingerprint density at radius 2 is 1.95 bits per heavy atom. The lowest BCUT2D eigenvalue weighted by Gasteiger charge is -2.33. The molecule has 1 saturated carbocycles. The molecule has 1 aliphatic heterocycles. The number of hydrogen-bond acceptors (Lipinski definition) is 4. The van der Waals surface area contributed by atoms with Crippen LogP contribution in [0.3, 0.4) is 0 Å². The van der Waals surface area contributed by atoms with Crippen molar-refractivity contribution >= 4 is 9.84 Å². The van der Waals surface area contributed by atoms with E-state index in [2.05, 4.69) is 5.32 Å². The predicted molar refractivity (Wildman–Crippen MR) is 77.1 cm³/mol. The molecule has 1 aliphatic carbocycles. The minimum Gasteiger partial charge on any atom is -0.370 e. The van der Waals surface area contributed by atoms with Gasteiger partial charge in [0.1, 0.15) is 9.84 Å². The van der Waals surface area contributed by atoms with Crippen LogP contribution in [0, 0.1) is 0 Å². The highest BCUT2D eigenvalue weighted by molar-refractivity contribution is 7.90. The Kier molecular flexibility index (Phi) is 5.26. The third kappa shape index (κ3) is 5.04. The first-order valence-electron chi connectivity index (χ1n) is 7.55. The van der Waals surface area contributed by atoms with Gasteiger partial charge < -0.3 is 10.1 Å². The van der Waals surface area contributed by atoms with Crippen LogP contribution in [-0.4, -0.2) is 45.2 Å². The zero-order chi connectivity index (χ0) is 13.8. The number of ether oxygens (including phenoxy) is 1. The zero-order valence-electron chi connectivity index (χ0n) is 12.0. The summed E-state index contributed by atoms with van der Waals surface area (Å²) in [6, 6.07) is 0.